The number of carbonyl (C=O) groups excluding carboxylic acids is 1. The molecule has 0 aliphatic heterocycles. The van der Waals surface area contributed by atoms with Gasteiger partial charge in [-0.15, -0.1) is 0 Å². The summed E-state index contributed by atoms with van der Waals surface area (Å²) in [7, 11) is 0. The lowest BCUT2D eigenvalue weighted by Crippen LogP contribution is -2.41. The van der Waals surface area contributed by atoms with Crippen molar-refractivity contribution in [2.24, 2.45) is 0 Å². The number of nitrogens with one attached hydrogen (secondary N) is 1. The third-order valence-corrected chi connectivity index (χ3v) is 3.50. The van der Waals surface area contributed by atoms with Gasteiger partial charge in [0, 0.05) is 5.33 Å². The van der Waals surface area contributed by atoms with Crippen molar-refractivity contribution in [1.82, 2.24) is 5.32 Å². The minimum atomic E-state index is -0.505. The number of alkyl carbamates (subject to hydrolysis) is 1. The summed E-state index contributed by atoms with van der Waals surface area (Å²) in [5, 5.41) is 3.32. The topological polar surface area (TPSA) is 47.6 Å². The predicted octanol–water partition coefficient (Wildman–Crippen LogP) is 3.75. The molecule has 1 N–H and O–H groups in total. The van der Waals surface area contributed by atoms with E-state index in [1.54, 1.807) is 0 Å². The van der Waals surface area contributed by atoms with Crippen LogP contribution in [0.15, 0.2) is 12.3 Å². The summed E-state index contributed by atoms with van der Waals surface area (Å²) in [6.45, 7) is 9.42. The van der Waals surface area contributed by atoms with Gasteiger partial charge in [0.1, 0.15) is 11.4 Å². The fraction of sp³-hybridized carbons (Fsp3) is 0.786. The second kappa shape index (κ2) is 7.17. The first-order valence-corrected chi connectivity index (χ1v) is 7.85. The fourth-order valence-corrected chi connectivity index (χ4v) is 2.48. The Labute approximate surface area is 124 Å². The van der Waals surface area contributed by atoms with Gasteiger partial charge in [-0.3, -0.25) is 0 Å². The zero-order valence-corrected chi connectivity index (χ0v) is 13.6. The van der Waals surface area contributed by atoms with Crippen LogP contribution in [-0.4, -0.2) is 29.2 Å². The molecule has 0 aromatic rings. The Morgan fingerprint density at radius 3 is 2.47 bits per heavy atom. The van der Waals surface area contributed by atoms with E-state index in [0.717, 1.165) is 12.8 Å². The minimum absolute atomic E-state index is 0.245. The summed E-state index contributed by atoms with van der Waals surface area (Å²) in [5.41, 5.74) is -0.505. The molecule has 0 spiro atoms. The zero-order valence-electron chi connectivity index (χ0n) is 12.0. The van der Waals surface area contributed by atoms with Gasteiger partial charge in [-0.05, 0) is 46.5 Å². The van der Waals surface area contributed by atoms with Crippen molar-refractivity contribution in [3.63, 3.8) is 0 Å². The molecule has 1 atom stereocenters. The highest BCUT2D eigenvalue weighted by Gasteiger charge is 2.24. The van der Waals surface area contributed by atoms with E-state index in [9.17, 15) is 4.79 Å². The van der Waals surface area contributed by atoms with Crippen molar-refractivity contribution in [3.05, 3.63) is 12.3 Å². The number of halogens is 1. The van der Waals surface area contributed by atoms with Crippen LogP contribution in [0.25, 0.3) is 0 Å². The molecule has 1 aliphatic carbocycles. The van der Waals surface area contributed by atoms with Crippen LogP contribution in [-0.2, 0) is 9.47 Å². The molecule has 0 radical (unpaired) electrons. The molecule has 5 heteroatoms. The molecular weight excluding hydrogens is 310 g/mol. The van der Waals surface area contributed by atoms with E-state index in [2.05, 4.69) is 27.8 Å². The van der Waals surface area contributed by atoms with Crippen molar-refractivity contribution in [2.45, 2.75) is 64.2 Å². The normalized spacial score (nSPS) is 17.9. The Balaban J connectivity index is 2.43. The average Bonchev–Trinajstić information content (AvgIpc) is 2.75. The molecule has 0 aromatic heterocycles. The van der Waals surface area contributed by atoms with Crippen molar-refractivity contribution in [3.8, 4) is 0 Å². The number of ether oxygens (including phenoxy) is 2. The Bertz CT molecular complexity index is 319. The molecule has 19 heavy (non-hydrogen) atoms. The monoisotopic (exact) mass is 333 g/mol. The standard InChI is InChI=1S/C14H24BrNO3/c1-10(18-11-7-5-6-8-11)12(9-15)16-13(17)19-14(2,3)4/h11-12H,1,5-9H2,2-4H3,(H,16,17). The van der Waals surface area contributed by atoms with Crippen molar-refractivity contribution in [1.29, 1.82) is 0 Å². The molecule has 0 bridgehead atoms. The van der Waals surface area contributed by atoms with Crippen molar-refractivity contribution < 1.29 is 14.3 Å². The van der Waals surface area contributed by atoms with Gasteiger partial charge >= 0.3 is 6.09 Å². The van der Waals surface area contributed by atoms with Gasteiger partial charge in [-0.25, -0.2) is 4.79 Å². The van der Waals surface area contributed by atoms with Crippen LogP contribution in [0.3, 0.4) is 0 Å². The summed E-state index contributed by atoms with van der Waals surface area (Å²) in [6.07, 6.45) is 4.34. The highest BCUT2D eigenvalue weighted by molar-refractivity contribution is 9.09. The largest absolute Gasteiger partial charge is 0.493 e. The number of alkyl halides is 1. The number of hydrogen-bond acceptors (Lipinski definition) is 3. The number of carbonyl (C=O) groups is 1. The van der Waals surface area contributed by atoms with Crippen LogP contribution >= 0.6 is 15.9 Å². The highest BCUT2D eigenvalue weighted by atomic mass is 79.9. The molecular formula is C14H24BrNO3. The Morgan fingerprint density at radius 2 is 2.00 bits per heavy atom. The lowest BCUT2D eigenvalue weighted by atomic mass is 10.2. The molecule has 4 nitrogen and oxygen atoms in total. The van der Waals surface area contributed by atoms with Crippen molar-refractivity contribution >= 4 is 22.0 Å². The van der Waals surface area contributed by atoms with Gasteiger partial charge < -0.3 is 14.8 Å². The van der Waals surface area contributed by atoms with E-state index in [1.165, 1.54) is 12.8 Å². The first kappa shape index (κ1) is 16.3. The van der Waals surface area contributed by atoms with Crippen LogP contribution in [0.4, 0.5) is 4.79 Å². The number of amides is 1. The first-order valence-electron chi connectivity index (χ1n) is 6.73. The Morgan fingerprint density at radius 1 is 1.42 bits per heavy atom. The van der Waals surface area contributed by atoms with Gasteiger partial charge in [0.15, 0.2) is 0 Å². The molecule has 1 aliphatic rings. The molecule has 0 aromatic carbocycles. The van der Waals surface area contributed by atoms with E-state index in [1.807, 2.05) is 20.8 Å². The van der Waals surface area contributed by atoms with Gasteiger partial charge in [-0.1, -0.05) is 22.5 Å². The average molecular weight is 334 g/mol. The van der Waals surface area contributed by atoms with E-state index >= 15 is 0 Å². The van der Waals surface area contributed by atoms with Gasteiger partial charge in [0.05, 0.1) is 12.1 Å². The van der Waals surface area contributed by atoms with Crippen LogP contribution in [0.1, 0.15) is 46.5 Å². The molecule has 1 fully saturated rings. The lowest BCUT2D eigenvalue weighted by molar-refractivity contribution is 0.0477. The summed E-state index contributed by atoms with van der Waals surface area (Å²) >= 11 is 3.36. The Kier molecular flexibility index (Phi) is 6.17. The molecule has 1 saturated carbocycles. The minimum Gasteiger partial charge on any atom is -0.493 e. The van der Waals surface area contributed by atoms with E-state index < -0.39 is 11.7 Å². The Hall–Kier alpha value is -0.710. The van der Waals surface area contributed by atoms with Crippen LogP contribution in [0, 0.1) is 0 Å². The predicted molar refractivity (Wildman–Crippen MR) is 79.4 cm³/mol. The molecule has 1 rings (SSSR count). The second-order valence-electron chi connectivity index (χ2n) is 5.84. The van der Waals surface area contributed by atoms with E-state index in [-0.39, 0.29) is 12.1 Å². The van der Waals surface area contributed by atoms with Crippen molar-refractivity contribution in [2.75, 3.05) is 5.33 Å². The quantitative estimate of drug-likeness (QED) is 0.615. The number of rotatable bonds is 5. The van der Waals surface area contributed by atoms with E-state index in [0.29, 0.717) is 11.1 Å². The van der Waals surface area contributed by atoms with Gasteiger partial charge in [0.25, 0.3) is 0 Å². The van der Waals surface area contributed by atoms with Gasteiger partial charge in [0.2, 0.25) is 0 Å². The molecule has 0 heterocycles. The summed E-state index contributed by atoms with van der Waals surface area (Å²) < 4.78 is 11.0. The maximum Gasteiger partial charge on any atom is 0.408 e. The molecule has 1 amide bonds. The summed E-state index contributed by atoms with van der Waals surface area (Å²) in [4.78, 5) is 11.7. The maximum atomic E-state index is 11.7. The van der Waals surface area contributed by atoms with Crippen LogP contribution in [0.2, 0.25) is 0 Å². The first-order chi connectivity index (χ1) is 8.81. The maximum absolute atomic E-state index is 11.7. The SMILES string of the molecule is C=C(OC1CCCC1)C(CBr)NC(=O)OC(C)(C)C. The lowest BCUT2D eigenvalue weighted by Gasteiger charge is -2.25. The smallest absolute Gasteiger partial charge is 0.408 e. The third kappa shape index (κ3) is 6.32. The third-order valence-electron chi connectivity index (χ3n) is 2.85. The molecule has 0 saturated heterocycles. The fourth-order valence-electron chi connectivity index (χ4n) is 1.96. The molecule has 1 unspecified atom stereocenters. The van der Waals surface area contributed by atoms with Gasteiger partial charge in [-0.2, -0.15) is 0 Å². The molecule has 110 valence electrons. The summed E-state index contributed by atoms with van der Waals surface area (Å²) in [6, 6.07) is -0.268. The van der Waals surface area contributed by atoms with Crippen LogP contribution in [0.5, 0.6) is 0 Å². The highest BCUT2D eigenvalue weighted by Crippen LogP contribution is 2.24. The number of hydrogen-bond donors (Lipinski definition) is 1. The zero-order chi connectivity index (χ0) is 14.5. The second-order valence-corrected chi connectivity index (χ2v) is 6.49. The summed E-state index contributed by atoms with van der Waals surface area (Å²) in [5.74, 6) is 0.592. The van der Waals surface area contributed by atoms with E-state index in [4.69, 9.17) is 9.47 Å². The van der Waals surface area contributed by atoms with Crippen LogP contribution < -0.4 is 5.32 Å².